The van der Waals surface area contributed by atoms with Gasteiger partial charge in [-0.2, -0.15) is 0 Å². The Hall–Kier alpha value is -2.69. The minimum absolute atomic E-state index is 0.0465. The van der Waals surface area contributed by atoms with Crippen molar-refractivity contribution in [3.05, 3.63) is 58.6 Å². The zero-order valence-corrected chi connectivity index (χ0v) is 10.2. The molecule has 0 saturated heterocycles. The summed E-state index contributed by atoms with van der Waals surface area (Å²) in [5.74, 6) is -0.157. The van der Waals surface area contributed by atoms with Gasteiger partial charge >= 0.3 is 5.97 Å². The summed E-state index contributed by atoms with van der Waals surface area (Å²) in [5.41, 5.74) is 1.22. The van der Waals surface area contributed by atoms with Gasteiger partial charge in [0, 0.05) is 24.6 Å². The Morgan fingerprint density at radius 3 is 2.42 bits per heavy atom. The molecule has 0 aliphatic rings. The van der Waals surface area contributed by atoms with Crippen LogP contribution in [0.4, 0.5) is 5.69 Å². The predicted molar refractivity (Wildman–Crippen MR) is 69.8 cm³/mol. The monoisotopic (exact) mass is 257 g/mol. The Kier molecular flexibility index (Phi) is 3.56. The number of rotatable bonds is 3. The molecule has 5 heteroatoms. The van der Waals surface area contributed by atoms with Gasteiger partial charge in [-0.3, -0.25) is 14.9 Å². The molecule has 0 spiro atoms. The van der Waals surface area contributed by atoms with E-state index >= 15 is 0 Å². The average molecular weight is 257 g/mol. The third kappa shape index (κ3) is 2.95. The lowest BCUT2D eigenvalue weighted by Crippen LogP contribution is -2.03. The number of nitrogens with zero attached hydrogens (tertiary/aromatic N) is 1. The summed E-state index contributed by atoms with van der Waals surface area (Å²) in [6, 6.07) is 13.2. The topological polar surface area (TPSA) is 69.4 Å². The molecule has 0 unspecified atom stereocenters. The number of nitro benzene ring substituents is 1. The van der Waals surface area contributed by atoms with E-state index in [2.05, 4.69) is 0 Å². The molecule has 2 rings (SSSR count). The van der Waals surface area contributed by atoms with Crippen LogP contribution < -0.4 is 4.74 Å². The first-order chi connectivity index (χ1) is 9.08. The molecule has 19 heavy (non-hydrogen) atoms. The largest absolute Gasteiger partial charge is 0.426 e. The molecule has 0 saturated carbocycles. The van der Waals surface area contributed by atoms with Gasteiger partial charge < -0.3 is 4.74 Å². The number of carbonyl (C=O) groups is 1. The quantitative estimate of drug-likeness (QED) is 0.366. The number of hydrogen-bond acceptors (Lipinski definition) is 4. The highest BCUT2D eigenvalue weighted by molar-refractivity contribution is 5.78. The molecule has 0 fully saturated rings. The maximum atomic E-state index is 11.1. The van der Waals surface area contributed by atoms with Crippen molar-refractivity contribution in [2.45, 2.75) is 6.92 Å². The molecule has 2 aromatic carbocycles. The lowest BCUT2D eigenvalue weighted by Gasteiger charge is -2.08. The molecule has 0 bridgehead atoms. The Bertz CT molecular complexity index is 623. The van der Waals surface area contributed by atoms with Crippen LogP contribution in [0.2, 0.25) is 0 Å². The average Bonchev–Trinajstić information content (AvgIpc) is 2.39. The van der Waals surface area contributed by atoms with Crippen LogP contribution in [-0.4, -0.2) is 10.9 Å². The van der Waals surface area contributed by atoms with Gasteiger partial charge in [-0.15, -0.1) is 0 Å². The van der Waals surface area contributed by atoms with E-state index in [4.69, 9.17) is 4.74 Å². The summed E-state index contributed by atoms with van der Waals surface area (Å²) in [6.07, 6.45) is 0. The molecule has 0 atom stereocenters. The fourth-order valence-electron chi connectivity index (χ4n) is 1.72. The highest BCUT2D eigenvalue weighted by Crippen LogP contribution is 2.33. The van der Waals surface area contributed by atoms with E-state index in [0.29, 0.717) is 11.3 Å². The second-order valence-corrected chi connectivity index (χ2v) is 3.90. The molecular formula is C14H11NO4. The summed E-state index contributed by atoms with van der Waals surface area (Å²) < 4.78 is 5.07. The second kappa shape index (κ2) is 5.30. The maximum Gasteiger partial charge on any atom is 0.308 e. The van der Waals surface area contributed by atoms with Crippen LogP contribution >= 0.6 is 0 Å². The maximum absolute atomic E-state index is 11.1. The molecule has 0 aliphatic carbocycles. The third-order valence-electron chi connectivity index (χ3n) is 2.51. The van der Waals surface area contributed by atoms with E-state index in [-0.39, 0.29) is 5.69 Å². The Morgan fingerprint density at radius 1 is 1.16 bits per heavy atom. The van der Waals surface area contributed by atoms with Crippen molar-refractivity contribution in [2.24, 2.45) is 0 Å². The SMILES string of the molecule is CC(=O)Oc1ccc([N+](=O)[O-])cc1-c1ccccc1. The number of nitro groups is 1. The minimum Gasteiger partial charge on any atom is -0.426 e. The first-order valence-corrected chi connectivity index (χ1v) is 5.60. The first kappa shape index (κ1) is 12.8. The molecule has 0 N–H and O–H groups in total. The van der Waals surface area contributed by atoms with E-state index in [9.17, 15) is 14.9 Å². The molecule has 96 valence electrons. The lowest BCUT2D eigenvalue weighted by atomic mass is 10.0. The van der Waals surface area contributed by atoms with Gasteiger partial charge in [0.2, 0.25) is 0 Å². The Balaban J connectivity index is 2.56. The smallest absolute Gasteiger partial charge is 0.308 e. The van der Waals surface area contributed by atoms with Crippen molar-refractivity contribution in [3.8, 4) is 16.9 Å². The fourth-order valence-corrected chi connectivity index (χ4v) is 1.72. The second-order valence-electron chi connectivity index (χ2n) is 3.90. The highest BCUT2D eigenvalue weighted by atomic mass is 16.6. The highest BCUT2D eigenvalue weighted by Gasteiger charge is 2.14. The molecule has 0 aromatic heterocycles. The van der Waals surface area contributed by atoms with Crippen molar-refractivity contribution in [1.29, 1.82) is 0 Å². The van der Waals surface area contributed by atoms with E-state index < -0.39 is 10.9 Å². The minimum atomic E-state index is -0.482. The summed E-state index contributed by atoms with van der Waals surface area (Å²) in [4.78, 5) is 21.4. The standard InChI is InChI=1S/C14H11NO4/c1-10(16)19-14-8-7-12(15(17)18)9-13(14)11-5-3-2-4-6-11/h2-9H,1H3. The fraction of sp³-hybridized carbons (Fsp3) is 0.0714. The third-order valence-corrected chi connectivity index (χ3v) is 2.51. The Labute approximate surface area is 109 Å². The number of hydrogen-bond donors (Lipinski definition) is 0. The van der Waals surface area contributed by atoms with Crippen LogP contribution in [0.3, 0.4) is 0 Å². The number of esters is 1. The van der Waals surface area contributed by atoms with Crippen molar-refractivity contribution >= 4 is 11.7 Å². The van der Waals surface area contributed by atoms with Crippen LogP contribution in [0.1, 0.15) is 6.92 Å². The van der Waals surface area contributed by atoms with Gasteiger partial charge in [0.1, 0.15) is 5.75 Å². The van der Waals surface area contributed by atoms with Crippen LogP contribution in [-0.2, 0) is 4.79 Å². The van der Waals surface area contributed by atoms with Crippen molar-refractivity contribution in [3.63, 3.8) is 0 Å². The van der Waals surface area contributed by atoms with Crippen LogP contribution in [0.5, 0.6) is 5.75 Å². The number of non-ortho nitro benzene ring substituents is 1. The van der Waals surface area contributed by atoms with Crippen LogP contribution in [0.15, 0.2) is 48.5 Å². The zero-order valence-electron chi connectivity index (χ0n) is 10.2. The van der Waals surface area contributed by atoms with E-state index in [0.717, 1.165) is 5.56 Å². The number of benzene rings is 2. The summed E-state index contributed by atoms with van der Waals surface area (Å²) in [5, 5.41) is 10.8. The predicted octanol–water partition coefficient (Wildman–Crippen LogP) is 3.19. The molecule has 0 amide bonds. The van der Waals surface area contributed by atoms with Crippen molar-refractivity contribution < 1.29 is 14.5 Å². The van der Waals surface area contributed by atoms with Gasteiger partial charge in [0.15, 0.2) is 0 Å². The van der Waals surface area contributed by atoms with E-state index in [1.54, 1.807) is 12.1 Å². The molecule has 0 heterocycles. The zero-order chi connectivity index (χ0) is 13.8. The normalized spacial score (nSPS) is 9.95. The molecule has 2 aromatic rings. The van der Waals surface area contributed by atoms with Gasteiger partial charge in [0.25, 0.3) is 5.69 Å². The molecule has 0 radical (unpaired) electrons. The van der Waals surface area contributed by atoms with Crippen LogP contribution in [0, 0.1) is 10.1 Å². The lowest BCUT2D eigenvalue weighted by molar-refractivity contribution is -0.384. The van der Waals surface area contributed by atoms with Gasteiger partial charge in [-0.25, -0.2) is 0 Å². The number of ether oxygens (including phenoxy) is 1. The van der Waals surface area contributed by atoms with Crippen molar-refractivity contribution in [2.75, 3.05) is 0 Å². The molecular weight excluding hydrogens is 246 g/mol. The molecule has 5 nitrogen and oxygen atoms in total. The summed E-state index contributed by atoms with van der Waals surface area (Å²) >= 11 is 0. The van der Waals surface area contributed by atoms with E-state index in [1.807, 2.05) is 18.2 Å². The van der Waals surface area contributed by atoms with Gasteiger partial charge in [-0.05, 0) is 11.6 Å². The van der Waals surface area contributed by atoms with Gasteiger partial charge in [0.05, 0.1) is 4.92 Å². The summed E-state index contributed by atoms with van der Waals surface area (Å²) in [7, 11) is 0. The van der Waals surface area contributed by atoms with Gasteiger partial charge in [-0.1, -0.05) is 30.3 Å². The Morgan fingerprint density at radius 2 is 1.84 bits per heavy atom. The summed E-state index contributed by atoms with van der Waals surface area (Å²) in [6.45, 7) is 1.29. The number of carbonyl (C=O) groups excluding carboxylic acids is 1. The first-order valence-electron chi connectivity index (χ1n) is 5.60. The molecule has 0 aliphatic heterocycles. The van der Waals surface area contributed by atoms with Crippen molar-refractivity contribution in [1.82, 2.24) is 0 Å². The van der Waals surface area contributed by atoms with E-state index in [1.165, 1.54) is 25.1 Å². The van der Waals surface area contributed by atoms with Crippen LogP contribution in [0.25, 0.3) is 11.1 Å².